The van der Waals surface area contributed by atoms with E-state index in [0.29, 0.717) is 11.3 Å². The van der Waals surface area contributed by atoms with E-state index >= 15 is 0 Å². The molecular weight excluding hydrogens is 222 g/mol. The van der Waals surface area contributed by atoms with Crippen LogP contribution in [0.5, 0.6) is 0 Å². The van der Waals surface area contributed by atoms with E-state index in [2.05, 4.69) is 25.7 Å². The van der Waals surface area contributed by atoms with E-state index in [9.17, 15) is 5.11 Å². The third kappa shape index (κ3) is 3.96. The Hall–Kier alpha value is -0.0800. The molecule has 0 saturated heterocycles. The van der Waals surface area contributed by atoms with Crippen LogP contribution in [0.4, 0.5) is 0 Å². The smallest absolute Gasteiger partial charge is 0.0581 e. The quantitative estimate of drug-likeness (QED) is 0.784. The topological polar surface area (TPSA) is 23.5 Å². The molecule has 2 aliphatic carbocycles. The summed E-state index contributed by atoms with van der Waals surface area (Å²) in [6.07, 6.45) is 8.69. The highest BCUT2D eigenvalue weighted by Crippen LogP contribution is 2.40. The average Bonchev–Trinajstić information content (AvgIpc) is 3.12. The third-order valence-corrected chi connectivity index (χ3v) is 4.81. The molecule has 0 aromatic rings. The molecule has 0 bridgehead atoms. The molecule has 2 saturated carbocycles. The second-order valence-electron chi connectivity index (χ2n) is 7.31. The van der Waals surface area contributed by atoms with Gasteiger partial charge in [0.15, 0.2) is 0 Å². The monoisotopic (exact) mass is 253 g/mol. The first-order chi connectivity index (χ1) is 8.52. The lowest BCUT2D eigenvalue weighted by Gasteiger charge is -2.40. The van der Waals surface area contributed by atoms with Gasteiger partial charge in [0.2, 0.25) is 0 Å². The number of nitrogens with zero attached hydrogens (tertiary/aromatic N) is 1. The van der Waals surface area contributed by atoms with Crippen LogP contribution in [0.3, 0.4) is 0 Å². The Morgan fingerprint density at radius 1 is 1.22 bits per heavy atom. The molecule has 2 heteroatoms. The minimum atomic E-state index is -0.0547. The van der Waals surface area contributed by atoms with Crippen LogP contribution in [0.15, 0.2) is 0 Å². The number of aliphatic hydroxyl groups excluding tert-OH is 1. The van der Waals surface area contributed by atoms with Crippen LogP contribution in [0.25, 0.3) is 0 Å². The first-order valence-corrected chi connectivity index (χ1v) is 7.94. The fraction of sp³-hybridized carbons (Fsp3) is 1.00. The van der Waals surface area contributed by atoms with Crippen LogP contribution >= 0.6 is 0 Å². The first kappa shape index (κ1) is 14.3. The number of aliphatic hydroxyl groups is 1. The second-order valence-corrected chi connectivity index (χ2v) is 7.31. The molecule has 0 aromatic heterocycles. The van der Waals surface area contributed by atoms with Gasteiger partial charge in [-0.1, -0.05) is 27.2 Å². The molecule has 2 unspecified atom stereocenters. The highest BCUT2D eigenvalue weighted by molar-refractivity contribution is 4.90. The van der Waals surface area contributed by atoms with E-state index in [1.807, 2.05) is 0 Å². The van der Waals surface area contributed by atoms with Crippen LogP contribution in [0.2, 0.25) is 0 Å². The maximum Gasteiger partial charge on any atom is 0.0581 e. The Kier molecular flexibility index (Phi) is 4.71. The molecule has 0 aromatic carbocycles. The highest BCUT2D eigenvalue weighted by atomic mass is 16.3. The fourth-order valence-corrected chi connectivity index (χ4v) is 3.43. The lowest BCUT2D eigenvalue weighted by Crippen LogP contribution is -2.42. The van der Waals surface area contributed by atoms with Gasteiger partial charge < -0.3 is 10.0 Å². The van der Waals surface area contributed by atoms with E-state index in [-0.39, 0.29) is 6.10 Å². The van der Waals surface area contributed by atoms with E-state index in [1.165, 1.54) is 45.1 Å². The molecule has 2 fully saturated rings. The largest absolute Gasteiger partial charge is 0.393 e. The zero-order chi connectivity index (χ0) is 13.2. The van der Waals surface area contributed by atoms with Gasteiger partial charge in [-0.2, -0.15) is 0 Å². The molecule has 0 spiro atoms. The minimum absolute atomic E-state index is 0.0547. The maximum atomic E-state index is 10.3. The zero-order valence-corrected chi connectivity index (χ0v) is 12.5. The van der Waals surface area contributed by atoms with Gasteiger partial charge in [0.1, 0.15) is 0 Å². The Bertz CT molecular complexity index is 260. The van der Waals surface area contributed by atoms with Gasteiger partial charge in [-0.15, -0.1) is 0 Å². The minimum Gasteiger partial charge on any atom is -0.393 e. The van der Waals surface area contributed by atoms with Crippen LogP contribution in [-0.4, -0.2) is 35.2 Å². The Morgan fingerprint density at radius 3 is 2.56 bits per heavy atom. The Balaban J connectivity index is 1.88. The summed E-state index contributed by atoms with van der Waals surface area (Å²) in [5.41, 5.74) is 0.434. The first-order valence-electron chi connectivity index (χ1n) is 7.94. The van der Waals surface area contributed by atoms with Crippen molar-refractivity contribution in [3.63, 3.8) is 0 Å². The molecule has 0 heterocycles. The Labute approximate surface area is 113 Å². The van der Waals surface area contributed by atoms with Gasteiger partial charge in [0.25, 0.3) is 0 Å². The number of hydrogen-bond acceptors (Lipinski definition) is 2. The molecule has 1 N–H and O–H groups in total. The molecule has 0 aliphatic heterocycles. The summed E-state index contributed by atoms with van der Waals surface area (Å²) in [4.78, 5) is 2.67. The van der Waals surface area contributed by atoms with Crippen LogP contribution in [0, 0.1) is 11.3 Å². The van der Waals surface area contributed by atoms with E-state index < -0.39 is 0 Å². The number of unbranched alkanes of at least 4 members (excludes halogenated alkanes) is 1. The van der Waals surface area contributed by atoms with Crippen molar-refractivity contribution in [1.29, 1.82) is 0 Å². The normalized spacial score (nSPS) is 31.8. The summed E-state index contributed by atoms with van der Waals surface area (Å²) in [6.45, 7) is 9.36. The lowest BCUT2D eigenvalue weighted by atomic mass is 9.70. The van der Waals surface area contributed by atoms with Crippen LogP contribution < -0.4 is 0 Å². The molecule has 0 radical (unpaired) electrons. The molecule has 2 rings (SSSR count). The van der Waals surface area contributed by atoms with Crippen molar-refractivity contribution in [1.82, 2.24) is 4.90 Å². The van der Waals surface area contributed by atoms with Crippen molar-refractivity contribution < 1.29 is 5.11 Å². The van der Waals surface area contributed by atoms with Crippen LogP contribution in [-0.2, 0) is 0 Å². The SMILES string of the molecule is CCCCN(CC1CC(C)(C)CCC1O)C1CC1. The standard InChI is InChI=1S/C16H31NO/c1-4-5-10-17(14-6-7-14)12-13-11-16(2,3)9-8-15(13)18/h13-15,18H,4-12H2,1-3H3. The van der Waals surface area contributed by atoms with Gasteiger partial charge in [0, 0.05) is 12.6 Å². The summed E-state index contributed by atoms with van der Waals surface area (Å²) in [6, 6.07) is 0.841. The van der Waals surface area contributed by atoms with Gasteiger partial charge in [0.05, 0.1) is 6.10 Å². The maximum absolute atomic E-state index is 10.3. The predicted octanol–water partition coefficient (Wildman–Crippen LogP) is 3.44. The molecule has 0 amide bonds. The van der Waals surface area contributed by atoms with Gasteiger partial charge in [-0.3, -0.25) is 0 Å². The Morgan fingerprint density at radius 2 is 1.94 bits per heavy atom. The lowest BCUT2D eigenvalue weighted by molar-refractivity contribution is 0.00272. The molecule has 106 valence electrons. The van der Waals surface area contributed by atoms with Crippen molar-refractivity contribution in [3.8, 4) is 0 Å². The van der Waals surface area contributed by atoms with E-state index in [4.69, 9.17) is 0 Å². The summed E-state index contributed by atoms with van der Waals surface area (Å²) >= 11 is 0. The fourth-order valence-electron chi connectivity index (χ4n) is 3.43. The van der Waals surface area contributed by atoms with Gasteiger partial charge >= 0.3 is 0 Å². The number of rotatable bonds is 6. The molecule has 18 heavy (non-hydrogen) atoms. The van der Waals surface area contributed by atoms with E-state index in [0.717, 1.165) is 19.0 Å². The van der Waals surface area contributed by atoms with Crippen molar-refractivity contribution in [2.45, 2.75) is 77.9 Å². The van der Waals surface area contributed by atoms with Crippen molar-refractivity contribution in [2.24, 2.45) is 11.3 Å². The van der Waals surface area contributed by atoms with Gasteiger partial charge in [-0.05, 0) is 56.4 Å². The average molecular weight is 253 g/mol. The van der Waals surface area contributed by atoms with Crippen molar-refractivity contribution >= 4 is 0 Å². The van der Waals surface area contributed by atoms with Gasteiger partial charge in [-0.25, -0.2) is 0 Å². The summed E-state index contributed by atoms with van der Waals surface area (Å²) in [5.74, 6) is 0.506. The molecule has 2 atom stereocenters. The predicted molar refractivity (Wildman–Crippen MR) is 76.6 cm³/mol. The summed E-state index contributed by atoms with van der Waals surface area (Å²) in [5, 5.41) is 10.3. The van der Waals surface area contributed by atoms with E-state index in [1.54, 1.807) is 0 Å². The van der Waals surface area contributed by atoms with Crippen LogP contribution in [0.1, 0.15) is 65.7 Å². The number of hydrogen-bond donors (Lipinski definition) is 1. The molecule has 2 aliphatic rings. The van der Waals surface area contributed by atoms with Crippen molar-refractivity contribution in [2.75, 3.05) is 13.1 Å². The third-order valence-electron chi connectivity index (χ3n) is 4.81. The zero-order valence-electron chi connectivity index (χ0n) is 12.5. The molecule has 2 nitrogen and oxygen atoms in total. The molecular formula is C16H31NO. The second kappa shape index (κ2) is 5.92. The summed E-state index contributed by atoms with van der Waals surface area (Å²) < 4.78 is 0. The highest BCUT2D eigenvalue weighted by Gasteiger charge is 2.37. The summed E-state index contributed by atoms with van der Waals surface area (Å²) in [7, 11) is 0. The van der Waals surface area contributed by atoms with Crippen molar-refractivity contribution in [3.05, 3.63) is 0 Å².